The van der Waals surface area contributed by atoms with Crippen LogP contribution >= 0.6 is 0 Å². The largest absolute Gasteiger partial charge is 0.542 e. The van der Waals surface area contributed by atoms with Gasteiger partial charge in [-0.25, -0.2) is 0 Å². The number of aryl methyl sites for hydroxylation is 1. The molecule has 0 bridgehead atoms. The van der Waals surface area contributed by atoms with Gasteiger partial charge in [0.2, 0.25) is 0 Å². The molecule has 1 saturated heterocycles. The van der Waals surface area contributed by atoms with Crippen molar-refractivity contribution in [2.24, 2.45) is 0 Å². The van der Waals surface area contributed by atoms with Crippen LogP contribution in [0, 0.1) is 0 Å². The van der Waals surface area contributed by atoms with E-state index >= 15 is 0 Å². The molecule has 3 heterocycles. The Hall–Kier alpha value is -3.94. The van der Waals surface area contributed by atoms with E-state index < -0.39 is 12.1 Å². The molecule has 0 spiro atoms. The molecule has 2 aromatic heterocycles. The first-order valence-corrected chi connectivity index (χ1v) is 12.6. The van der Waals surface area contributed by atoms with Gasteiger partial charge in [0.15, 0.2) is 12.3 Å². The number of hydrogen-bond donors (Lipinski definition) is 1. The number of nitrogen functional groups attached to an aromatic ring is 1. The van der Waals surface area contributed by atoms with Gasteiger partial charge in [0.25, 0.3) is 5.65 Å². The summed E-state index contributed by atoms with van der Waals surface area (Å²) in [4.78, 5) is 24.5. The number of morpholine rings is 1. The van der Waals surface area contributed by atoms with Crippen LogP contribution in [0.3, 0.4) is 0 Å². The molecule has 14 heteroatoms. The molecular formula is C26H33F3N6O5. The van der Waals surface area contributed by atoms with Gasteiger partial charge in [-0.2, -0.15) is 13.2 Å². The maximum absolute atomic E-state index is 13.5. The minimum Gasteiger partial charge on any atom is -0.542 e. The molecule has 0 radical (unpaired) electrons. The second kappa shape index (κ2) is 12.1. The Labute approximate surface area is 229 Å². The lowest BCUT2D eigenvalue weighted by atomic mass is 9.84. The predicted molar refractivity (Wildman–Crippen MR) is 137 cm³/mol. The van der Waals surface area contributed by atoms with Crippen molar-refractivity contribution < 1.29 is 41.9 Å². The zero-order valence-corrected chi connectivity index (χ0v) is 23.0. The molecule has 2 N–H and O–H groups in total. The third-order valence-corrected chi connectivity index (χ3v) is 6.22. The van der Waals surface area contributed by atoms with Crippen LogP contribution in [-0.2, 0) is 27.9 Å². The van der Waals surface area contributed by atoms with E-state index in [0.29, 0.717) is 24.4 Å². The number of carbonyl (C=O) groups excluding carboxylic acids is 2. The fourth-order valence-corrected chi connectivity index (χ4v) is 4.15. The van der Waals surface area contributed by atoms with Crippen molar-refractivity contribution in [1.82, 2.24) is 14.9 Å². The second-order valence-corrected chi connectivity index (χ2v) is 10.1. The van der Waals surface area contributed by atoms with Crippen molar-refractivity contribution in [2.45, 2.75) is 52.3 Å². The Balaban J connectivity index is 0.000000559. The number of carboxylic acid groups (broad SMARTS) is 1. The topological polar surface area (TPSA) is 140 Å². The number of alkyl halides is 3. The molecular weight excluding hydrogens is 533 g/mol. The Morgan fingerprint density at radius 1 is 1.18 bits per heavy atom. The van der Waals surface area contributed by atoms with Crippen LogP contribution in [0.15, 0.2) is 24.3 Å². The van der Waals surface area contributed by atoms with Gasteiger partial charge < -0.3 is 30.0 Å². The highest BCUT2D eigenvalue weighted by molar-refractivity contribution is 5.98. The second-order valence-electron chi connectivity index (χ2n) is 10.1. The normalized spacial score (nSPS) is 14.1. The molecule has 11 nitrogen and oxygen atoms in total. The number of benzene rings is 1. The van der Waals surface area contributed by atoms with Crippen LogP contribution in [0.25, 0.3) is 5.65 Å². The number of anilines is 2. The van der Waals surface area contributed by atoms with E-state index in [-0.39, 0.29) is 23.7 Å². The quantitative estimate of drug-likeness (QED) is 0.347. The van der Waals surface area contributed by atoms with Crippen molar-refractivity contribution in [3.8, 4) is 5.75 Å². The summed E-state index contributed by atoms with van der Waals surface area (Å²) in [7, 11) is 1.68. The van der Waals surface area contributed by atoms with Gasteiger partial charge in [-0.15, -0.1) is 9.78 Å². The van der Waals surface area contributed by atoms with E-state index in [9.17, 15) is 18.0 Å². The SMILES string of the molecule is CCc1ccc2n(CC(=O)c3cc(N4CCOCC4)c(OC)c(C(C)(C)C)c3)nc(N)[n+]2n1.O=C([O-])C(F)(F)F. The number of ether oxygens (including phenoxy) is 2. The lowest BCUT2D eigenvalue weighted by Crippen LogP contribution is -2.37. The number of methoxy groups -OCH3 is 1. The van der Waals surface area contributed by atoms with Crippen molar-refractivity contribution >= 4 is 29.0 Å². The molecule has 0 saturated carbocycles. The molecule has 0 amide bonds. The van der Waals surface area contributed by atoms with Crippen molar-refractivity contribution in [1.29, 1.82) is 0 Å². The number of halogens is 3. The number of nitrogens with zero attached hydrogens (tertiary/aromatic N) is 5. The Morgan fingerprint density at radius 2 is 1.80 bits per heavy atom. The van der Waals surface area contributed by atoms with Gasteiger partial charge in [-0.3, -0.25) is 4.79 Å². The van der Waals surface area contributed by atoms with E-state index in [1.54, 1.807) is 16.3 Å². The van der Waals surface area contributed by atoms with Crippen LogP contribution in [0.5, 0.6) is 5.75 Å². The van der Waals surface area contributed by atoms with Gasteiger partial charge >= 0.3 is 12.1 Å². The van der Waals surface area contributed by atoms with E-state index in [2.05, 4.69) is 35.9 Å². The molecule has 3 aromatic rings. The number of rotatable bonds is 6. The van der Waals surface area contributed by atoms with E-state index in [1.807, 2.05) is 31.2 Å². The number of ketones is 1. The van der Waals surface area contributed by atoms with Crippen LogP contribution in [0.1, 0.15) is 49.3 Å². The molecule has 40 heavy (non-hydrogen) atoms. The fourth-order valence-electron chi connectivity index (χ4n) is 4.15. The molecule has 0 atom stereocenters. The van der Waals surface area contributed by atoms with Gasteiger partial charge in [0.1, 0.15) is 11.7 Å². The van der Waals surface area contributed by atoms with Crippen LogP contribution in [0.2, 0.25) is 0 Å². The first kappa shape index (κ1) is 30.6. The molecule has 1 aliphatic rings. The number of carboxylic acids is 1. The highest BCUT2D eigenvalue weighted by atomic mass is 19.4. The third-order valence-electron chi connectivity index (χ3n) is 6.22. The molecule has 0 aliphatic carbocycles. The summed E-state index contributed by atoms with van der Waals surface area (Å²) in [5, 5.41) is 17.7. The fraction of sp³-hybridized carbons (Fsp3) is 0.500. The number of nitrogens with two attached hydrogens (primary N) is 1. The smallest absolute Gasteiger partial charge is 0.430 e. The summed E-state index contributed by atoms with van der Waals surface area (Å²) in [5.41, 5.74) is 9.99. The first-order chi connectivity index (χ1) is 18.7. The number of aliphatic carboxylic acids is 1. The minimum absolute atomic E-state index is 0.0535. The highest BCUT2D eigenvalue weighted by Crippen LogP contribution is 2.40. The predicted octanol–water partition coefficient (Wildman–Crippen LogP) is 1.49. The van der Waals surface area contributed by atoms with Crippen molar-refractivity contribution in [3.63, 3.8) is 0 Å². The van der Waals surface area contributed by atoms with E-state index in [0.717, 1.165) is 42.2 Å². The van der Waals surface area contributed by atoms with Crippen LogP contribution < -0.4 is 25.0 Å². The Bertz CT molecular complexity index is 1380. The monoisotopic (exact) mass is 566 g/mol. The van der Waals surface area contributed by atoms with Gasteiger partial charge in [0, 0.05) is 35.4 Å². The maximum atomic E-state index is 13.5. The molecule has 1 aromatic carbocycles. The third kappa shape index (κ3) is 6.97. The number of fused-ring (bicyclic) bond motifs is 1. The molecule has 1 aliphatic heterocycles. The summed E-state index contributed by atoms with van der Waals surface area (Å²) in [6.07, 6.45) is -4.40. The standard InChI is InChI=1S/C24H33N6O3.C2HF3O2/c1-6-17-7-8-21-29(27-23(25)30(21)26-17)15-20(31)16-13-18(24(2,3)4)22(32-5)19(14-16)28-9-11-33-12-10-28;3-2(4,5)1(6)7/h7-8,13-14H,6,9-12,15H2,1-5H3,(H2,25,27);(H,6,7)/q+1;/p-1. The molecule has 218 valence electrons. The number of aromatic nitrogens is 4. The number of carbonyl (C=O) groups is 2. The molecule has 4 rings (SSSR count). The van der Waals surface area contributed by atoms with Crippen LogP contribution in [0.4, 0.5) is 24.8 Å². The average Bonchev–Trinajstić information content (AvgIpc) is 3.21. The van der Waals surface area contributed by atoms with Gasteiger partial charge in [-0.1, -0.05) is 32.2 Å². The summed E-state index contributed by atoms with van der Waals surface area (Å²) < 4.78 is 46.1. The van der Waals surface area contributed by atoms with E-state index in [1.165, 1.54) is 0 Å². The molecule has 1 fully saturated rings. The number of Topliss-reactive ketones (excluding diaryl/α,β-unsaturated/α-hetero) is 1. The highest BCUT2D eigenvalue weighted by Gasteiger charge is 2.29. The Kier molecular flexibility index (Phi) is 9.23. The van der Waals surface area contributed by atoms with Crippen LogP contribution in [-0.4, -0.2) is 66.2 Å². The minimum atomic E-state index is -5.19. The summed E-state index contributed by atoms with van der Waals surface area (Å²) in [6, 6.07) is 7.70. The Morgan fingerprint density at radius 3 is 2.33 bits per heavy atom. The number of hydrogen-bond acceptors (Lipinski definition) is 9. The summed E-state index contributed by atoms with van der Waals surface area (Å²) in [5.74, 6) is -2.00. The average molecular weight is 567 g/mol. The van der Waals surface area contributed by atoms with Gasteiger partial charge in [0.05, 0.1) is 31.7 Å². The van der Waals surface area contributed by atoms with Crippen molar-refractivity contribution in [3.05, 3.63) is 41.1 Å². The summed E-state index contributed by atoms with van der Waals surface area (Å²) in [6.45, 7) is 11.3. The first-order valence-electron chi connectivity index (χ1n) is 12.6. The van der Waals surface area contributed by atoms with Gasteiger partial charge in [-0.05, 0) is 30.0 Å². The zero-order chi connectivity index (χ0) is 29.8. The van der Waals surface area contributed by atoms with Crippen molar-refractivity contribution in [2.75, 3.05) is 44.0 Å². The molecule has 0 unspecified atom stereocenters. The maximum Gasteiger partial charge on any atom is 0.430 e. The lowest BCUT2D eigenvalue weighted by molar-refractivity contribution is -0.567. The lowest BCUT2D eigenvalue weighted by Gasteiger charge is -2.33. The van der Waals surface area contributed by atoms with E-state index in [4.69, 9.17) is 25.1 Å². The summed E-state index contributed by atoms with van der Waals surface area (Å²) >= 11 is 0. The zero-order valence-electron chi connectivity index (χ0n) is 23.0.